The summed E-state index contributed by atoms with van der Waals surface area (Å²) in [5, 5.41) is 1.62. The largest absolute Gasteiger partial charge is 0.455 e. The Morgan fingerprint density at radius 3 is 1.93 bits per heavy atom. The van der Waals surface area contributed by atoms with Crippen LogP contribution in [-0.2, 0) is 37.1 Å². The highest BCUT2D eigenvalue weighted by atomic mass is 32.3. The monoisotopic (exact) mass is 872 g/mol. The van der Waals surface area contributed by atoms with Gasteiger partial charge in [-0.1, -0.05) is 141 Å². The van der Waals surface area contributed by atoms with Crippen LogP contribution in [0.3, 0.4) is 0 Å². The summed E-state index contributed by atoms with van der Waals surface area (Å²) < 4.78 is 65.4. The first-order valence-electron chi connectivity index (χ1n) is 22.2. The van der Waals surface area contributed by atoms with Gasteiger partial charge in [-0.15, -0.1) is 0 Å². The first-order valence-corrected chi connectivity index (χ1v) is 28.0. The molecule has 1 aliphatic heterocycles. The number of hydrogen-bond donors (Lipinski definition) is 0. The van der Waals surface area contributed by atoms with Gasteiger partial charge in [0.05, 0.1) is 17.6 Å². The van der Waals surface area contributed by atoms with Gasteiger partial charge in [-0.2, -0.15) is 8.42 Å². The van der Waals surface area contributed by atoms with Crippen LogP contribution in [-0.4, -0.2) is 66.8 Å². The van der Waals surface area contributed by atoms with E-state index in [0.29, 0.717) is 12.0 Å². The molecule has 1 saturated heterocycles. The van der Waals surface area contributed by atoms with E-state index < -0.39 is 72.8 Å². The SMILES string of the molecule is CC[Si](CC)(CC)O[C@@H]1[C@]2(CO[Si](c3ccccc3)(c3ccccc3)C(C)(C)C)C[C@@H]3C(=O)[C@@]4(CC[C@H](OC(=O)c5ccccc5)[C@@]14OS(=O)(=O)O2)[C@H](C)C[C@@H]1[C@H]3C1(C)C. The number of rotatable bonds is 12. The van der Waals surface area contributed by atoms with Crippen LogP contribution < -0.4 is 10.4 Å². The van der Waals surface area contributed by atoms with Crippen LogP contribution in [0.2, 0.25) is 23.2 Å². The smallest absolute Gasteiger partial charge is 0.401 e. The molecule has 9 nitrogen and oxygen atoms in total. The molecule has 0 radical (unpaired) electrons. The fraction of sp³-hybridized carbons (Fsp3) is 0.583. The number of esters is 1. The van der Waals surface area contributed by atoms with Gasteiger partial charge in [0.25, 0.3) is 8.32 Å². The number of hydrogen-bond acceptors (Lipinski definition) is 9. The molecule has 1 heterocycles. The molecule has 5 fully saturated rings. The molecule has 4 aliphatic carbocycles. The van der Waals surface area contributed by atoms with Gasteiger partial charge in [-0.3, -0.25) is 4.79 Å². The highest BCUT2D eigenvalue weighted by Gasteiger charge is 2.85. The minimum Gasteiger partial charge on any atom is -0.455 e. The van der Waals surface area contributed by atoms with Gasteiger partial charge in [0.1, 0.15) is 23.6 Å². The lowest BCUT2D eigenvalue weighted by atomic mass is 9.59. The van der Waals surface area contributed by atoms with Gasteiger partial charge in [0, 0.05) is 5.92 Å². The number of fused-ring (bicyclic) bond motifs is 4. The van der Waals surface area contributed by atoms with E-state index >= 15 is 4.79 Å². The van der Waals surface area contributed by atoms with Gasteiger partial charge in [0.2, 0.25) is 0 Å². The third-order valence-corrected chi connectivity index (χ3v) is 26.8. The number of ketones is 1. The van der Waals surface area contributed by atoms with E-state index in [-0.39, 0.29) is 48.4 Å². The van der Waals surface area contributed by atoms with Gasteiger partial charge in [-0.25, -0.2) is 13.2 Å². The number of ether oxygens (including phenoxy) is 1. The Kier molecular flexibility index (Phi) is 11.0. The number of Topliss-reactive ketones (excluding diaryl/α,β-unsaturated/α-hetero) is 1. The average Bonchev–Trinajstić information content (AvgIpc) is 3.66. The Morgan fingerprint density at radius 2 is 1.40 bits per heavy atom. The molecule has 12 heteroatoms. The van der Waals surface area contributed by atoms with Gasteiger partial charge >= 0.3 is 16.4 Å². The minimum atomic E-state index is -4.87. The van der Waals surface area contributed by atoms with Crippen molar-refractivity contribution in [1.82, 2.24) is 0 Å². The summed E-state index contributed by atoms with van der Waals surface area (Å²) >= 11 is 0. The normalized spacial score (nSPS) is 34.1. The molecule has 3 aromatic carbocycles. The fourth-order valence-electron chi connectivity index (χ4n) is 13.0. The molecular formula is C48H64O9SSi2. The van der Waals surface area contributed by atoms with Gasteiger partial charge in [-0.05, 0) is 94.5 Å². The molecule has 0 unspecified atom stereocenters. The molecule has 8 rings (SSSR count). The van der Waals surface area contributed by atoms with Crippen molar-refractivity contribution in [3.8, 4) is 0 Å². The molecule has 3 aromatic rings. The third kappa shape index (κ3) is 6.35. The lowest BCUT2D eigenvalue weighted by molar-refractivity contribution is -0.245. The summed E-state index contributed by atoms with van der Waals surface area (Å²) in [5.74, 6) is -1.24. The van der Waals surface area contributed by atoms with Crippen molar-refractivity contribution in [3.63, 3.8) is 0 Å². The Bertz CT molecular complexity index is 2140. The second-order valence-corrected chi connectivity index (χ2v) is 30.3. The van der Waals surface area contributed by atoms with Crippen LogP contribution in [0.15, 0.2) is 91.0 Å². The second kappa shape index (κ2) is 15.1. The minimum absolute atomic E-state index is 0.00337. The number of carbonyl (C=O) groups is 2. The van der Waals surface area contributed by atoms with Crippen molar-refractivity contribution in [3.05, 3.63) is 96.6 Å². The van der Waals surface area contributed by atoms with Gasteiger partial charge in [0.15, 0.2) is 13.9 Å². The van der Waals surface area contributed by atoms with Crippen molar-refractivity contribution in [2.75, 3.05) is 6.61 Å². The number of carbonyl (C=O) groups excluding carboxylic acids is 2. The van der Waals surface area contributed by atoms with Crippen LogP contribution in [0.1, 0.15) is 98.4 Å². The Morgan fingerprint density at radius 1 is 0.850 bits per heavy atom. The Labute approximate surface area is 359 Å². The van der Waals surface area contributed by atoms with Crippen molar-refractivity contribution in [2.24, 2.45) is 34.5 Å². The molecule has 2 spiro atoms. The lowest BCUT2D eigenvalue weighted by Gasteiger charge is -2.59. The topological polar surface area (TPSA) is 114 Å². The summed E-state index contributed by atoms with van der Waals surface area (Å²) in [5.41, 5.74) is -4.81. The van der Waals surface area contributed by atoms with Crippen LogP contribution in [0.25, 0.3) is 0 Å². The molecule has 324 valence electrons. The van der Waals surface area contributed by atoms with Crippen LogP contribution in [0, 0.1) is 34.5 Å². The zero-order valence-electron chi connectivity index (χ0n) is 36.9. The molecule has 60 heavy (non-hydrogen) atoms. The maximum atomic E-state index is 16.2. The average molecular weight is 873 g/mol. The van der Waals surface area contributed by atoms with E-state index in [2.05, 4.69) is 86.6 Å². The summed E-state index contributed by atoms with van der Waals surface area (Å²) in [4.78, 5) is 30.4. The quantitative estimate of drug-likeness (QED) is 0.130. The highest BCUT2D eigenvalue weighted by molar-refractivity contribution is 7.82. The predicted octanol–water partition coefficient (Wildman–Crippen LogP) is 8.63. The summed E-state index contributed by atoms with van der Waals surface area (Å²) in [6, 6.07) is 31.5. The van der Waals surface area contributed by atoms with Crippen molar-refractivity contribution >= 4 is 49.2 Å². The molecule has 4 bridgehead atoms. The molecule has 0 N–H and O–H groups in total. The predicted molar refractivity (Wildman–Crippen MR) is 237 cm³/mol. The van der Waals surface area contributed by atoms with Gasteiger partial charge < -0.3 is 13.6 Å². The maximum absolute atomic E-state index is 16.2. The van der Waals surface area contributed by atoms with E-state index in [1.807, 2.05) is 42.5 Å². The number of benzene rings is 3. The zero-order valence-corrected chi connectivity index (χ0v) is 39.7. The van der Waals surface area contributed by atoms with Crippen molar-refractivity contribution in [2.45, 2.75) is 135 Å². The molecular weight excluding hydrogens is 809 g/mol. The maximum Gasteiger partial charge on any atom is 0.401 e. The van der Waals surface area contributed by atoms with E-state index in [1.54, 1.807) is 24.3 Å². The van der Waals surface area contributed by atoms with Crippen LogP contribution >= 0.6 is 0 Å². The molecule has 5 aliphatic rings. The van der Waals surface area contributed by atoms with E-state index in [0.717, 1.165) is 34.9 Å². The Balaban J connectivity index is 1.41. The fourth-order valence-corrected chi connectivity index (χ4v) is 21.8. The molecule has 0 aromatic heterocycles. The molecule has 4 saturated carbocycles. The Hall–Kier alpha value is -2.98. The first-order chi connectivity index (χ1) is 28.3. The highest BCUT2D eigenvalue weighted by Crippen LogP contribution is 2.75. The molecule has 9 atom stereocenters. The van der Waals surface area contributed by atoms with Crippen molar-refractivity contribution < 1.29 is 40.0 Å². The van der Waals surface area contributed by atoms with Crippen molar-refractivity contribution in [1.29, 1.82) is 0 Å². The molecule has 0 amide bonds. The van der Waals surface area contributed by atoms with E-state index in [4.69, 9.17) is 22.0 Å². The van der Waals surface area contributed by atoms with E-state index in [1.165, 1.54) is 0 Å². The second-order valence-electron chi connectivity index (χ2n) is 20.2. The summed E-state index contributed by atoms with van der Waals surface area (Å²) in [6.45, 7) is 19.4. The standard InChI is InChI=1S/C48H64O9SSi2/c1-10-59(11-2,12-3)55-43-46(32-53-60(44(5,6)7,35-24-18-14-19-25-35)36-26-20-15-21-27-36)31-37-40-38(45(40,8)9)30-33(4)47(41(37)49)29-28-39(48(43,47)57-58(51,52)56-46)54-42(50)34-22-16-13-17-23-34/h13-27,33,37-40,43H,10-12,28-32H2,1-9H3/t33-,37+,38-,39+,40+,43-,46-,47-,48-/m1/s1. The third-order valence-electron chi connectivity index (χ3n) is 16.2. The zero-order chi connectivity index (χ0) is 43.1. The van der Waals surface area contributed by atoms with E-state index in [9.17, 15) is 13.2 Å². The summed E-state index contributed by atoms with van der Waals surface area (Å²) in [6.07, 6.45) is -0.911. The lowest BCUT2D eigenvalue weighted by Crippen LogP contribution is -2.77. The van der Waals surface area contributed by atoms with Crippen LogP contribution in [0.5, 0.6) is 0 Å². The van der Waals surface area contributed by atoms with Crippen LogP contribution in [0.4, 0.5) is 0 Å². The summed E-state index contributed by atoms with van der Waals surface area (Å²) in [7, 11) is -10.9. The first kappa shape index (κ1) is 43.7.